The molecule has 5 aromatic rings. The number of nitrogens with zero attached hydrogens (tertiary/aromatic N) is 5. The number of imidazole rings is 1. The molecule has 0 radical (unpaired) electrons. The van der Waals surface area contributed by atoms with Crippen molar-refractivity contribution >= 4 is 40.2 Å². The molecule has 194 valence electrons. The van der Waals surface area contributed by atoms with Crippen molar-refractivity contribution in [1.29, 1.82) is 0 Å². The largest absolute Gasteiger partial charge is 0.497 e. The molecule has 0 saturated carbocycles. The molecule has 0 bridgehead atoms. The SMILES string of the molecule is COc1ccc(-n2nccc2-c2cc(Cl)cc3c2nc(N2CCNCC2)n3Cc2ccc(F)c(Cl)c2)cc1. The van der Waals surface area contributed by atoms with Crippen molar-refractivity contribution in [3.05, 3.63) is 88.3 Å². The van der Waals surface area contributed by atoms with Crippen LogP contribution in [-0.2, 0) is 6.54 Å². The molecular formula is C28H25Cl2FN6O. The summed E-state index contributed by atoms with van der Waals surface area (Å²) in [7, 11) is 1.64. The van der Waals surface area contributed by atoms with E-state index in [0.29, 0.717) is 11.6 Å². The van der Waals surface area contributed by atoms with E-state index in [4.69, 9.17) is 32.9 Å². The zero-order valence-corrected chi connectivity index (χ0v) is 22.2. The first-order valence-electron chi connectivity index (χ1n) is 12.3. The van der Waals surface area contributed by atoms with Crippen LogP contribution in [0.4, 0.5) is 10.3 Å². The number of halogens is 3. The highest BCUT2D eigenvalue weighted by atomic mass is 35.5. The molecule has 1 fully saturated rings. The number of hydrogen-bond donors (Lipinski definition) is 1. The number of fused-ring (bicyclic) bond motifs is 1. The maximum Gasteiger partial charge on any atom is 0.206 e. The van der Waals surface area contributed by atoms with E-state index < -0.39 is 5.82 Å². The van der Waals surface area contributed by atoms with Gasteiger partial charge in [0.1, 0.15) is 17.1 Å². The first-order valence-corrected chi connectivity index (χ1v) is 13.1. The predicted molar refractivity (Wildman–Crippen MR) is 149 cm³/mol. The van der Waals surface area contributed by atoms with Gasteiger partial charge in [0.05, 0.1) is 41.8 Å². The standard InChI is InChI=1S/C28H25Cl2FN6O/c1-38-21-5-3-20(4-6-21)37-25(8-9-33-37)22-15-19(29)16-26-27(22)34-28(35-12-10-32-11-13-35)36(26)17-18-2-7-24(31)23(30)14-18/h2-9,14-16,32H,10-13,17H2,1H3. The van der Waals surface area contributed by atoms with Gasteiger partial charge in [-0.3, -0.25) is 0 Å². The predicted octanol–water partition coefficient (Wildman–Crippen LogP) is 5.80. The number of nitrogens with one attached hydrogen (secondary N) is 1. The number of anilines is 1. The topological polar surface area (TPSA) is 60.1 Å². The van der Waals surface area contributed by atoms with E-state index in [-0.39, 0.29) is 5.02 Å². The van der Waals surface area contributed by atoms with E-state index in [1.807, 2.05) is 47.1 Å². The van der Waals surface area contributed by atoms with Crippen LogP contribution in [0.15, 0.2) is 66.9 Å². The summed E-state index contributed by atoms with van der Waals surface area (Å²) in [6.07, 6.45) is 1.76. The lowest BCUT2D eigenvalue weighted by Gasteiger charge is -2.29. The van der Waals surface area contributed by atoms with Crippen LogP contribution in [0.2, 0.25) is 10.0 Å². The third-order valence-corrected chi connectivity index (χ3v) is 7.27. The van der Waals surface area contributed by atoms with Crippen molar-refractivity contribution in [2.24, 2.45) is 0 Å². The molecular weight excluding hydrogens is 526 g/mol. The van der Waals surface area contributed by atoms with Gasteiger partial charge in [0.25, 0.3) is 0 Å². The van der Waals surface area contributed by atoms with Gasteiger partial charge in [-0.05, 0) is 60.2 Å². The third-order valence-electron chi connectivity index (χ3n) is 6.76. The van der Waals surface area contributed by atoms with E-state index in [9.17, 15) is 4.39 Å². The average molecular weight is 551 g/mol. The van der Waals surface area contributed by atoms with Gasteiger partial charge in [0, 0.05) is 36.8 Å². The van der Waals surface area contributed by atoms with Crippen LogP contribution in [0.25, 0.3) is 28.0 Å². The maximum absolute atomic E-state index is 13.9. The molecule has 1 N–H and O–H groups in total. The second-order valence-corrected chi connectivity index (χ2v) is 9.97. The first-order chi connectivity index (χ1) is 18.5. The molecule has 3 heterocycles. The minimum Gasteiger partial charge on any atom is -0.497 e. The van der Waals surface area contributed by atoms with E-state index in [2.05, 4.69) is 19.9 Å². The molecule has 0 amide bonds. The molecule has 6 rings (SSSR count). The fraction of sp³-hybridized carbons (Fsp3) is 0.214. The Bertz CT molecular complexity index is 1610. The van der Waals surface area contributed by atoms with Crippen LogP contribution in [0.1, 0.15) is 5.56 Å². The molecule has 0 spiro atoms. The minimum absolute atomic E-state index is 0.0951. The lowest BCUT2D eigenvalue weighted by molar-refractivity contribution is 0.414. The van der Waals surface area contributed by atoms with Crippen LogP contribution in [0, 0.1) is 5.82 Å². The Hall–Kier alpha value is -3.59. The fourth-order valence-corrected chi connectivity index (χ4v) is 5.31. The van der Waals surface area contributed by atoms with Gasteiger partial charge < -0.3 is 19.5 Å². The Morgan fingerprint density at radius 1 is 1.00 bits per heavy atom. The van der Waals surface area contributed by atoms with Gasteiger partial charge in [-0.2, -0.15) is 5.10 Å². The van der Waals surface area contributed by atoms with Crippen molar-refractivity contribution in [2.75, 3.05) is 38.2 Å². The number of rotatable bonds is 6. The van der Waals surface area contributed by atoms with Gasteiger partial charge in [-0.1, -0.05) is 29.3 Å². The first kappa shape index (κ1) is 24.7. The zero-order valence-electron chi connectivity index (χ0n) is 20.7. The van der Waals surface area contributed by atoms with Crippen molar-refractivity contribution in [2.45, 2.75) is 6.54 Å². The summed E-state index contributed by atoms with van der Waals surface area (Å²) >= 11 is 12.8. The molecule has 7 nitrogen and oxygen atoms in total. The highest BCUT2D eigenvalue weighted by molar-refractivity contribution is 6.32. The highest BCUT2D eigenvalue weighted by Gasteiger charge is 2.23. The normalized spacial score (nSPS) is 13.8. The Kier molecular flexibility index (Phi) is 6.69. The number of ether oxygens (including phenoxy) is 1. The van der Waals surface area contributed by atoms with Gasteiger partial charge >= 0.3 is 0 Å². The average Bonchev–Trinajstić information content (AvgIpc) is 3.56. The number of hydrogen-bond acceptors (Lipinski definition) is 5. The van der Waals surface area contributed by atoms with Crippen LogP contribution in [0.5, 0.6) is 5.75 Å². The van der Waals surface area contributed by atoms with Crippen LogP contribution < -0.4 is 15.0 Å². The van der Waals surface area contributed by atoms with Gasteiger partial charge in [0.2, 0.25) is 5.95 Å². The molecule has 38 heavy (non-hydrogen) atoms. The van der Waals surface area contributed by atoms with Crippen molar-refractivity contribution in [3.63, 3.8) is 0 Å². The van der Waals surface area contributed by atoms with Crippen molar-refractivity contribution in [1.82, 2.24) is 24.6 Å². The monoisotopic (exact) mass is 550 g/mol. The van der Waals surface area contributed by atoms with E-state index >= 15 is 0 Å². The van der Waals surface area contributed by atoms with E-state index in [1.165, 1.54) is 6.07 Å². The van der Waals surface area contributed by atoms with E-state index in [0.717, 1.165) is 71.4 Å². The van der Waals surface area contributed by atoms with Gasteiger partial charge in [-0.15, -0.1) is 0 Å². The van der Waals surface area contributed by atoms with Gasteiger partial charge in [0.15, 0.2) is 0 Å². The summed E-state index contributed by atoms with van der Waals surface area (Å²) in [6, 6.07) is 18.3. The number of piperazine rings is 1. The van der Waals surface area contributed by atoms with Crippen molar-refractivity contribution in [3.8, 4) is 22.7 Å². The summed E-state index contributed by atoms with van der Waals surface area (Å²) in [5, 5.41) is 8.67. The molecule has 0 atom stereocenters. The quantitative estimate of drug-likeness (QED) is 0.289. The van der Waals surface area contributed by atoms with Crippen LogP contribution in [0.3, 0.4) is 0 Å². The summed E-state index contributed by atoms with van der Waals surface area (Å²) in [5.74, 6) is 1.17. The second kappa shape index (κ2) is 10.3. The molecule has 1 aliphatic heterocycles. The van der Waals surface area contributed by atoms with Gasteiger partial charge in [-0.25, -0.2) is 14.1 Å². The highest BCUT2D eigenvalue weighted by Crippen LogP contribution is 2.36. The minimum atomic E-state index is -0.439. The fourth-order valence-electron chi connectivity index (χ4n) is 4.89. The van der Waals surface area contributed by atoms with E-state index in [1.54, 1.807) is 25.4 Å². The molecule has 1 saturated heterocycles. The summed E-state index contributed by atoms with van der Waals surface area (Å²) < 4.78 is 23.2. The molecule has 0 aliphatic carbocycles. The summed E-state index contributed by atoms with van der Waals surface area (Å²) in [4.78, 5) is 7.43. The Morgan fingerprint density at radius 3 is 2.53 bits per heavy atom. The Labute approximate surface area is 229 Å². The number of benzene rings is 3. The zero-order chi connectivity index (χ0) is 26.2. The lowest BCUT2D eigenvalue weighted by Crippen LogP contribution is -2.44. The number of aromatic nitrogens is 4. The molecule has 10 heteroatoms. The smallest absolute Gasteiger partial charge is 0.206 e. The molecule has 0 unspecified atom stereocenters. The van der Waals surface area contributed by atoms with Crippen LogP contribution >= 0.6 is 23.2 Å². The Morgan fingerprint density at radius 2 is 1.79 bits per heavy atom. The molecule has 2 aromatic heterocycles. The second-order valence-electron chi connectivity index (χ2n) is 9.13. The van der Waals surface area contributed by atoms with Crippen LogP contribution in [-0.4, -0.2) is 52.6 Å². The number of methoxy groups -OCH3 is 1. The third kappa shape index (κ3) is 4.60. The summed E-state index contributed by atoms with van der Waals surface area (Å²) in [6.45, 7) is 3.83. The molecule has 3 aromatic carbocycles. The Balaban J connectivity index is 1.52. The van der Waals surface area contributed by atoms with Crippen molar-refractivity contribution < 1.29 is 9.13 Å². The lowest BCUT2D eigenvalue weighted by atomic mass is 10.1. The maximum atomic E-state index is 13.9. The summed E-state index contributed by atoms with van der Waals surface area (Å²) in [5.41, 5.74) is 5.19. The molecule has 1 aliphatic rings.